The Morgan fingerprint density at radius 3 is 1.90 bits per heavy atom. The van der Waals surface area contributed by atoms with Crippen molar-refractivity contribution in [3.63, 3.8) is 0 Å². The summed E-state index contributed by atoms with van der Waals surface area (Å²) in [5.41, 5.74) is 1.38. The van der Waals surface area contributed by atoms with Crippen LogP contribution in [0.3, 0.4) is 0 Å². The lowest BCUT2D eigenvalue weighted by molar-refractivity contribution is 0.457. The van der Waals surface area contributed by atoms with E-state index < -0.39 is 9.84 Å². The molecule has 0 amide bonds. The van der Waals surface area contributed by atoms with Crippen LogP contribution in [-0.2, 0) is 9.84 Å². The summed E-state index contributed by atoms with van der Waals surface area (Å²) >= 11 is 0. The molecule has 0 atom stereocenters. The van der Waals surface area contributed by atoms with Crippen molar-refractivity contribution in [1.82, 2.24) is 0 Å². The molecule has 0 saturated heterocycles. The van der Waals surface area contributed by atoms with Crippen molar-refractivity contribution >= 4 is 9.84 Å². The molecule has 2 rings (SSSR count). The predicted molar refractivity (Wildman–Crippen MR) is 75.9 cm³/mol. The molecule has 0 saturated carbocycles. The van der Waals surface area contributed by atoms with Crippen molar-refractivity contribution in [2.45, 2.75) is 30.6 Å². The van der Waals surface area contributed by atoms with Gasteiger partial charge in [0.15, 0.2) is 0 Å². The highest BCUT2D eigenvalue weighted by Gasteiger charge is 2.27. The summed E-state index contributed by atoms with van der Waals surface area (Å²) in [5.74, 6) is -0.246. The highest BCUT2D eigenvalue weighted by atomic mass is 32.2. The zero-order chi connectivity index (χ0) is 15.1. The Hall–Kier alpha value is -2.01. The summed E-state index contributed by atoms with van der Waals surface area (Å²) in [4.78, 5) is 0.0387. The number of benzene rings is 2. The third-order valence-electron chi connectivity index (χ3n) is 3.17. The lowest BCUT2D eigenvalue weighted by Crippen LogP contribution is -2.08. The molecule has 5 heteroatoms. The molecule has 0 aliphatic heterocycles. The topological polar surface area (TPSA) is 74.6 Å². The number of hydrogen-bond donors (Lipinski definition) is 2. The summed E-state index contributed by atoms with van der Waals surface area (Å²) in [6.45, 7) is 4.88. The number of aromatic hydroxyl groups is 2. The summed E-state index contributed by atoms with van der Waals surface area (Å²) in [7, 11) is -3.84. The Kier molecular flexibility index (Phi) is 3.48. The average Bonchev–Trinajstić information content (AvgIpc) is 2.25. The standard InChI is InChI=1S/C15H16O4S/c1-9-5-4-6-13(17)15(9)20(18,19)14-10(2)7-12(16)8-11(14)3/h4-8,16-17H,1-3H3. The zero-order valence-electron chi connectivity index (χ0n) is 11.5. The summed E-state index contributed by atoms with van der Waals surface area (Å²) in [6, 6.07) is 7.38. The fourth-order valence-electron chi connectivity index (χ4n) is 2.44. The van der Waals surface area contributed by atoms with Crippen LogP contribution in [0.5, 0.6) is 11.5 Å². The van der Waals surface area contributed by atoms with Gasteiger partial charge in [0.25, 0.3) is 0 Å². The largest absolute Gasteiger partial charge is 0.508 e. The average molecular weight is 292 g/mol. The van der Waals surface area contributed by atoms with Crippen LogP contribution in [0, 0.1) is 20.8 Å². The van der Waals surface area contributed by atoms with E-state index in [-0.39, 0.29) is 21.3 Å². The predicted octanol–water partition coefficient (Wildman–Crippen LogP) is 2.86. The fraction of sp³-hybridized carbons (Fsp3) is 0.200. The Labute approximate surface area is 118 Å². The molecule has 2 aromatic carbocycles. The Bertz CT molecular complexity index is 733. The van der Waals surface area contributed by atoms with Gasteiger partial charge < -0.3 is 10.2 Å². The Balaban J connectivity index is 2.81. The van der Waals surface area contributed by atoms with Crippen molar-refractivity contribution < 1.29 is 18.6 Å². The first-order valence-electron chi connectivity index (χ1n) is 6.09. The number of rotatable bonds is 2. The maximum Gasteiger partial charge on any atom is 0.211 e. The number of aryl methyl sites for hydroxylation is 3. The smallest absolute Gasteiger partial charge is 0.211 e. The van der Waals surface area contributed by atoms with Crippen LogP contribution in [0.25, 0.3) is 0 Å². The van der Waals surface area contributed by atoms with Crippen molar-refractivity contribution in [3.05, 3.63) is 47.0 Å². The van der Waals surface area contributed by atoms with Gasteiger partial charge in [0.1, 0.15) is 16.4 Å². The van der Waals surface area contributed by atoms with Gasteiger partial charge in [0, 0.05) is 0 Å². The molecule has 0 radical (unpaired) electrons. The minimum atomic E-state index is -3.84. The molecule has 0 heterocycles. The number of hydrogen-bond acceptors (Lipinski definition) is 4. The van der Waals surface area contributed by atoms with E-state index in [1.807, 2.05) is 0 Å². The second-order valence-electron chi connectivity index (χ2n) is 4.84. The molecule has 106 valence electrons. The van der Waals surface area contributed by atoms with E-state index in [0.717, 1.165) is 0 Å². The summed E-state index contributed by atoms with van der Waals surface area (Å²) in [6.07, 6.45) is 0. The van der Waals surface area contributed by atoms with E-state index in [9.17, 15) is 18.6 Å². The first kappa shape index (κ1) is 14.4. The van der Waals surface area contributed by atoms with Gasteiger partial charge in [0.05, 0.1) is 4.90 Å². The minimum absolute atomic E-state index is 0.0213. The van der Waals surface area contributed by atoms with E-state index in [0.29, 0.717) is 16.7 Å². The SMILES string of the molecule is Cc1cc(O)cc(C)c1S(=O)(=O)c1c(C)cccc1O. The Morgan fingerprint density at radius 1 is 0.850 bits per heavy atom. The van der Waals surface area contributed by atoms with Crippen molar-refractivity contribution in [1.29, 1.82) is 0 Å². The molecule has 2 aromatic rings. The molecule has 0 fully saturated rings. The monoisotopic (exact) mass is 292 g/mol. The summed E-state index contributed by atoms with van der Waals surface area (Å²) < 4.78 is 25.6. The second-order valence-corrected chi connectivity index (χ2v) is 6.66. The highest BCUT2D eigenvalue weighted by Crippen LogP contribution is 2.35. The maximum atomic E-state index is 12.8. The molecule has 0 unspecified atom stereocenters. The quantitative estimate of drug-likeness (QED) is 0.892. The molecule has 0 aliphatic rings. The van der Waals surface area contributed by atoms with Gasteiger partial charge in [-0.1, -0.05) is 12.1 Å². The van der Waals surface area contributed by atoms with Gasteiger partial charge in [-0.2, -0.15) is 0 Å². The maximum absolute atomic E-state index is 12.8. The van der Waals surface area contributed by atoms with E-state index in [1.54, 1.807) is 32.9 Å². The number of sulfone groups is 1. The van der Waals surface area contributed by atoms with Crippen molar-refractivity contribution in [3.8, 4) is 11.5 Å². The van der Waals surface area contributed by atoms with E-state index in [4.69, 9.17) is 0 Å². The van der Waals surface area contributed by atoms with Crippen LogP contribution in [0.15, 0.2) is 40.1 Å². The molecule has 0 aromatic heterocycles. The van der Waals surface area contributed by atoms with Gasteiger partial charge in [0.2, 0.25) is 9.84 Å². The van der Waals surface area contributed by atoms with Crippen LogP contribution in [0.1, 0.15) is 16.7 Å². The lowest BCUT2D eigenvalue weighted by Gasteiger charge is -2.14. The van der Waals surface area contributed by atoms with Gasteiger partial charge in [-0.05, 0) is 55.7 Å². The highest BCUT2D eigenvalue weighted by molar-refractivity contribution is 7.91. The number of phenolic OH excluding ortho intramolecular Hbond substituents is 2. The third-order valence-corrected chi connectivity index (χ3v) is 5.42. The van der Waals surface area contributed by atoms with E-state index in [2.05, 4.69) is 0 Å². The van der Waals surface area contributed by atoms with Crippen LogP contribution >= 0.6 is 0 Å². The zero-order valence-corrected chi connectivity index (χ0v) is 12.3. The van der Waals surface area contributed by atoms with Crippen molar-refractivity contribution in [2.75, 3.05) is 0 Å². The Morgan fingerprint density at radius 2 is 1.40 bits per heavy atom. The molecule has 20 heavy (non-hydrogen) atoms. The third kappa shape index (κ3) is 2.25. The van der Waals surface area contributed by atoms with E-state index >= 15 is 0 Å². The van der Waals surface area contributed by atoms with Crippen LogP contribution in [0.4, 0.5) is 0 Å². The van der Waals surface area contributed by atoms with Crippen molar-refractivity contribution in [2.24, 2.45) is 0 Å². The molecular formula is C15H16O4S. The molecule has 4 nitrogen and oxygen atoms in total. The minimum Gasteiger partial charge on any atom is -0.508 e. The van der Waals surface area contributed by atoms with Crippen LogP contribution < -0.4 is 0 Å². The fourth-order valence-corrected chi connectivity index (χ4v) is 4.44. The first-order valence-corrected chi connectivity index (χ1v) is 7.57. The molecule has 2 N–H and O–H groups in total. The van der Waals surface area contributed by atoms with E-state index in [1.165, 1.54) is 18.2 Å². The second kappa shape index (κ2) is 4.83. The first-order chi connectivity index (χ1) is 9.25. The van der Waals surface area contributed by atoms with Crippen LogP contribution in [-0.4, -0.2) is 18.6 Å². The van der Waals surface area contributed by atoms with Crippen LogP contribution in [0.2, 0.25) is 0 Å². The molecule has 0 bridgehead atoms. The van der Waals surface area contributed by atoms with Gasteiger partial charge in [-0.25, -0.2) is 8.42 Å². The lowest BCUT2D eigenvalue weighted by atomic mass is 10.1. The van der Waals surface area contributed by atoms with Gasteiger partial charge >= 0.3 is 0 Å². The summed E-state index contributed by atoms with van der Waals surface area (Å²) in [5, 5.41) is 19.4. The normalized spacial score (nSPS) is 11.6. The molecular weight excluding hydrogens is 276 g/mol. The van der Waals surface area contributed by atoms with Gasteiger partial charge in [-0.3, -0.25) is 0 Å². The molecule has 0 spiro atoms. The number of phenols is 2. The van der Waals surface area contributed by atoms with Gasteiger partial charge in [-0.15, -0.1) is 0 Å². The molecule has 0 aliphatic carbocycles.